The van der Waals surface area contributed by atoms with Gasteiger partial charge in [0.1, 0.15) is 0 Å². The first-order valence-corrected chi connectivity index (χ1v) is 9.86. The lowest BCUT2D eigenvalue weighted by Gasteiger charge is -2.35. The Bertz CT molecular complexity index is 766. The van der Waals surface area contributed by atoms with Gasteiger partial charge in [-0.15, -0.1) is 0 Å². The summed E-state index contributed by atoms with van der Waals surface area (Å²) in [4.78, 5) is 11.7. The standard InChI is InChI=1S/C19H29N3.C3H4O2/c1-5-15-12-22(4)9-8-16(15)19-17-7-6-14(10-13(2)3)11-18(17)20-21-19;1-2-3(4)5/h6-7,11,13,15-16H,5,8-10,12H2,1-4H3,(H,20,21);2H,1H2,(H,4,5)/t15-,16-;/m1./s1. The Hall–Kier alpha value is -2.14. The number of fused-ring (bicyclic) bond motifs is 1. The second kappa shape index (κ2) is 9.70. The summed E-state index contributed by atoms with van der Waals surface area (Å²) in [6, 6.07) is 6.87. The number of benzene rings is 1. The van der Waals surface area contributed by atoms with Gasteiger partial charge in [-0.25, -0.2) is 4.79 Å². The third-order valence-electron chi connectivity index (χ3n) is 5.29. The van der Waals surface area contributed by atoms with Gasteiger partial charge in [0.2, 0.25) is 0 Å². The molecule has 1 aromatic heterocycles. The van der Waals surface area contributed by atoms with Crippen LogP contribution in [0, 0.1) is 11.8 Å². The molecular formula is C22H33N3O2. The summed E-state index contributed by atoms with van der Waals surface area (Å²) < 4.78 is 0. The quantitative estimate of drug-likeness (QED) is 0.761. The Morgan fingerprint density at radius 1 is 1.48 bits per heavy atom. The molecular weight excluding hydrogens is 338 g/mol. The Labute approximate surface area is 162 Å². The zero-order valence-corrected chi connectivity index (χ0v) is 17.0. The largest absolute Gasteiger partial charge is 0.478 e. The van der Waals surface area contributed by atoms with Crippen molar-refractivity contribution in [2.45, 2.75) is 46.0 Å². The van der Waals surface area contributed by atoms with Gasteiger partial charge in [0.25, 0.3) is 0 Å². The van der Waals surface area contributed by atoms with Gasteiger partial charge in [-0.2, -0.15) is 5.10 Å². The Balaban J connectivity index is 0.000000465. The molecule has 0 bridgehead atoms. The first-order valence-electron chi connectivity index (χ1n) is 9.86. The molecule has 2 atom stereocenters. The van der Waals surface area contributed by atoms with E-state index < -0.39 is 5.97 Å². The minimum atomic E-state index is -0.981. The number of nitrogens with zero attached hydrogens (tertiary/aromatic N) is 2. The zero-order chi connectivity index (χ0) is 20.0. The van der Waals surface area contributed by atoms with Crippen molar-refractivity contribution in [2.24, 2.45) is 11.8 Å². The summed E-state index contributed by atoms with van der Waals surface area (Å²) in [5.41, 5.74) is 3.92. The van der Waals surface area contributed by atoms with Crippen LogP contribution in [-0.4, -0.2) is 46.3 Å². The minimum Gasteiger partial charge on any atom is -0.478 e. The smallest absolute Gasteiger partial charge is 0.327 e. The number of nitrogens with one attached hydrogen (secondary N) is 1. The molecule has 1 aromatic carbocycles. The molecule has 0 amide bonds. The van der Waals surface area contributed by atoms with Crippen LogP contribution in [0.25, 0.3) is 10.9 Å². The highest BCUT2D eigenvalue weighted by atomic mass is 16.4. The van der Waals surface area contributed by atoms with E-state index in [1.54, 1.807) is 0 Å². The molecule has 27 heavy (non-hydrogen) atoms. The minimum absolute atomic E-state index is 0.603. The van der Waals surface area contributed by atoms with Crippen LogP contribution in [0.1, 0.15) is 50.8 Å². The molecule has 3 rings (SSSR count). The van der Waals surface area contributed by atoms with E-state index >= 15 is 0 Å². The molecule has 5 heteroatoms. The van der Waals surface area contributed by atoms with Crippen molar-refractivity contribution in [1.82, 2.24) is 15.1 Å². The number of carbonyl (C=O) groups is 1. The molecule has 0 aliphatic carbocycles. The van der Waals surface area contributed by atoms with E-state index in [0.29, 0.717) is 11.8 Å². The molecule has 0 saturated carbocycles. The van der Waals surface area contributed by atoms with Crippen LogP contribution in [0.15, 0.2) is 30.9 Å². The molecule has 0 spiro atoms. The maximum atomic E-state index is 9.25. The van der Waals surface area contributed by atoms with Gasteiger partial charge in [0.05, 0.1) is 11.2 Å². The highest BCUT2D eigenvalue weighted by Crippen LogP contribution is 2.36. The summed E-state index contributed by atoms with van der Waals surface area (Å²) in [6.07, 6.45) is 4.42. The average Bonchev–Trinajstić information content (AvgIpc) is 3.04. The Morgan fingerprint density at radius 3 is 2.78 bits per heavy atom. The molecule has 5 nitrogen and oxygen atoms in total. The normalized spacial score (nSPS) is 20.3. The predicted molar refractivity (Wildman–Crippen MR) is 111 cm³/mol. The lowest BCUT2D eigenvalue weighted by Crippen LogP contribution is -2.36. The maximum absolute atomic E-state index is 9.25. The van der Waals surface area contributed by atoms with E-state index in [0.717, 1.165) is 18.4 Å². The van der Waals surface area contributed by atoms with Crippen molar-refractivity contribution in [2.75, 3.05) is 20.1 Å². The maximum Gasteiger partial charge on any atom is 0.327 e. The number of aromatic nitrogens is 2. The topological polar surface area (TPSA) is 69.2 Å². The van der Waals surface area contributed by atoms with Crippen molar-refractivity contribution >= 4 is 16.9 Å². The number of hydrogen-bond acceptors (Lipinski definition) is 3. The van der Waals surface area contributed by atoms with Gasteiger partial charge in [-0.1, -0.05) is 45.9 Å². The van der Waals surface area contributed by atoms with Crippen LogP contribution in [-0.2, 0) is 11.2 Å². The van der Waals surface area contributed by atoms with E-state index in [4.69, 9.17) is 10.2 Å². The summed E-state index contributed by atoms with van der Waals surface area (Å²) in [6.45, 7) is 12.2. The monoisotopic (exact) mass is 371 g/mol. The second-order valence-corrected chi connectivity index (χ2v) is 7.95. The van der Waals surface area contributed by atoms with Crippen molar-refractivity contribution in [1.29, 1.82) is 0 Å². The van der Waals surface area contributed by atoms with E-state index in [1.807, 2.05) is 0 Å². The fourth-order valence-electron chi connectivity index (χ4n) is 3.96. The number of aliphatic carboxylic acids is 1. The van der Waals surface area contributed by atoms with Gasteiger partial charge in [-0.3, -0.25) is 5.10 Å². The van der Waals surface area contributed by atoms with Crippen molar-refractivity contribution in [3.63, 3.8) is 0 Å². The molecule has 148 valence electrons. The molecule has 0 unspecified atom stereocenters. The lowest BCUT2D eigenvalue weighted by molar-refractivity contribution is -0.131. The number of carboxylic acid groups (broad SMARTS) is 1. The number of piperidine rings is 1. The highest BCUT2D eigenvalue weighted by Gasteiger charge is 2.30. The average molecular weight is 372 g/mol. The van der Waals surface area contributed by atoms with E-state index in [-0.39, 0.29) is 0 Å². The first-order chi connectivity index (χ1) is 12.8. The summed E-state index contributed by atoms with van der Waals surface area (Å²) >= 11 is 0. The number of carboxylic acids is 1. The fourth-order valence-corrected chi connectivity index (χ4v) is 3.96. The molecule has 1 saturated heterocycles. The van der Waals surface area contributed by atoms with Gasteiger partial charge in [0.15, 0.2) is 0 Å². The molecule has 2 aromatic rings. The molecule has 2 heterocycles. The second-order valence-electron chi connectivity index (χ2n) is 7.95. The molecule has 1 aliphatic heterocycles. The highest BCUT2D eigenvalue weighted by molar-refractivity contribution is 5.82. The molecule has 1 fully saturated rings. The molecule has 0 radical (unpaired) electrons. The van der Waals surface area contributed by atoms with Gasteiger partial charge in [-0.05, 0) is 49.9 Å². The van der Waals surface area contributed by atoms with E-state index in [1.165, 1.54) is 48.1 Å². The number of rotatable bonds is 5. The van der Waals surface area contributed by atoms with Crippen molar-refractivity contribution in [3.8, 4) is 0 Å². The Kier molecular flexibility index (Phi) is 7.60. The summed E-state index contributed by atoms with van der Waals surface area (Å²) in [5.74, 6) is 1.04. The third kappa shape index (κ3) is 5.67. The van der Waals surface area contributed by atoms with Crippen LogP contribution >= 0.6 is 0 Å². The summed E-state index contributed by atoms with van der Waals surface area (Å²) in [7, 11) is 2.24. The van der Waals surface area contributed by atoms with Crippen LogP contribution in [0.4, 0.5) is 0 Å². The van der Waals surface area contributed by atoms with E-state index in [9.17, 15) is 4.79 Å². The zero-order valence-electron chi connectivity index (χ0n) is 17.0. The SMILES string of the molecule is C=CC(=O)O.CC[C@@H]1CN(C)CC[C@H]1c1n[nH]c2cc(CC(C)C)ccc12. The van der Waals surface area contributed by atoms with Gasteiger partial charge >= 0.3 is 5.97 Å². The Morgan fingerprint density at radius 2 is 2.19 bits per heavy atom. The lowest BCUT2D eigenvalue weighted by atomic mass is 9.80. The third-order valence-corrected chi connectivity index (χ3v) is 5.29. The number of aromatic amines is 1. The van der Waals surface area contributed by atoms with Crippen LogP contribution in [0.3, 0.4) is 0 Å². The number of likely N-dealkylation sites (tertiary alicyclic amines) is 1. The number of hydrogen-bond donors (Lipinski definition) is 2. The van der Waals surface area contributed by atoms with Crippen molar-refractivity contribution < 1.29 is 9.90 Å². The van der Waals surface area contributed by atoms with Crippen LogP contribution in [0.5, 0.6) is 0 Å². The number of H-pyrrole nitrogens is 1. The fraction of sp³-hybridized carbons (Fsp3) is 0.545. The van der Waals surface area contributed by atoms with Gasteiger partial charge < -0.3 is 10.0 Å². The van der Waals surface area contributed by atoms with Gasteiger partial charge in [0, 0.05) is 23.9 Å². The summed E-state index contributed by atoms with van der Waals surface area (Å²) in [5, 5.41) is 16.9. The van der Waals surface area contributed by atoms with Crippen LogP contribution < -0.4 is 0 Å². The van der Waals surface area contributed by atoms with Crippen molar-refractivity contribution in [3.05, 3.63) is 42.1 Å². The van der Waals surface area contributed by atoms with E-state index in [2.05, 4.69) is 62.6 Å². The molecule has 2 N–H and O–H groups in total. The van der Waals surface area contributed by atoms with Crippen LogP contribution in [0.2, 0.25) is 0 Å². The predicted octanol–water partition coefficient (Wildman–Crippen LogP) is 4.46. The molecule has 1 aliphatic rings. The first kappa shape index (κ1) is 21.2.